The second-order valence-electron chi connectivity index (χ2n) is 4.73. The Morgan fingerprint density at radius 2 is 2.07 bits per heavy atom. The van der Waals surface area contributed by atoms with E-state index in [-0.39, 0.29) is 0 Å². The van der Waals surface area contributed by atoms with Gasteiger partial charge >= 0.3 is 0 Å². The minimum atomic E-state index is 0.770. The smallest absolute Gasteiger partial charge is 0.0218 e. The van der Waals surface area contributed by atoms with Crippen molar-refractivity contribution in [3.63, 3.8) is 0 Å². The SMILES string of the molecule is CCC(CBr)CN1CCN(C)C(CC)C1. The number of halogens is 1. The first kappa shape index (κ1) is 13.5. The molecule has 0 aromatic carbocycles. The van der Waals surface area contributed by atoms with Crippen molar-refractivity contribution < 1.29 is 0 Å². The van der Waals surface area contributed by atoms with E-state index < -0.39 is 0 Å². The standard InChI is InChI=1S/C12H25BrN2/c1-4-11(8-13)9-15-7-6-14(3)12(5-2)10-15/h11-12H,4-10H2,1-3H3. The van der Waals surface area contributed by atoms with Crippen LogP contribution in [0.2, 0.25) is 0 Å². The van der Waals surface area contributed by atoms with Gasteiger partial charge in [0.05, 0.1) is 0 Å². The highest BCUT2D eigenvalue weighted by Gasteiger charge is 2.23. The molecular weight excluding hydrogens is 252 g/mol. The molecule has 0 saturated carbocycles. The van der Waals surface area contributed by atoms with Gasteiger partial charge in [-0.25, -0.2) is 0 Å². The lowest BCUT2D eigenvalue weighted by Crippen LogP contribution is -2.52. The van der Waals surface area contributed by atoms with E-state index in [0.717, 1.165) is 17.3 Å². The molecule has 0 aliphatic carbocycles. The third kappa shape index (κ3) is 4.04. The zero-order valence-electron chi connectivity index (χ0n) is 10.4. The van der Waals surface area contributed by atoms with E-state index in [9.17, 15) is 0 Å². The molecule has 0 N–H and O–H groups in total. The largest absolute Gasteiger partial charge is 0.301 e. The van der Waals surface area contributed by atoms with E-state index in [1.54, 1.807) is 0 Å². The van der Waals surface area contributed by atoms with Gasteiger partial charge in [0.25, 0.3) is 0 Å². The van der Waals surface area contributed by atoms with Crippen molar-refractivity contribution in [2.24, 2.45) is 5.92 Å². The third-order valence-corrected chi connectivity index (χ3v) is 4.56. The van der Waals surface area contributed by atoms with Crippen molar-refractivity contribution in [1.82, 2.24) is 9.80 Å². The summed E-state index contributed by atoms with van der Waals surface area (Å²) in [5.74, 6) is 0.825. The molecule has 1 heterocycles. The first-order valence-corrected chi connectivity index (χ1v) is 7.31. The van der Waals surface area contributed by atoms with Gasteiger partial charge in [-0.2, -0.15) is 0 Å². The van der Waals surface area contributed by atoms with Gasteiger partial charge in [-0.3, -0.25) is 0 Å². The zero-order chi connectivity index (χ0) is 11.3. The molecule has 3 heteroatoms. The van der Waals surface area contributed by atoms with Crippen LogP contribution in [0.15, 0.2) is 0 Å². The molecule has 90 valence electrons. The number of hydrogen-bond donors (Lipinski definition) is 0. The van der Waals surface area contributed by atoms with Crippen LogP contribution in [0.4, 0.5) is 0 Å². The first-order valence-electron chi connectivity index (χ1n) is 6.19. The van der Waals surface area contributed by atoms with E-state index >= 15 is 0 Å². The van der Waals surface area contributed by atoms with Crippen LogP contribution in [0.3, 0.4) is 0 Å². The molecule has 2 unspecified atom stereocenters. The maximum atomic E-state index is 3.61. The Bertz CT molecular complexity index is 169. The van der Waals surface area contributed by atoms with Crippen molar-refractivity contribution in [3.05, 3.63) is 0 Å². The highest BCUT2D eigenvalue weighted by Crippen LogP contribution is 2.15. The van der Waals surface area contributed by atoms with Gasteiger partial charge in [0, 0.05) is 37.6 Å². The molecule has 0 aromatic heterocycles. The van der Waals surface area contributed by atoms with Crippen LogP contribution < -0.4 is 0 Å². The quantitative estimate of drug-likeness (QED) is 0.712. The Hall–Kier alpha value is 0.400. The average Bonchev–Trinajstić information content (AvgIpc) is 2.28. The topological polar surface area (TPSA) is 6.48 Å². The summed E-state index contributed by atoms with van der Waals surface area (Å²) in [6.07, 6.45) is 2.56. The average molecular weight is 277 g/mol. The molecule has 0 radical (unpaired) electrons. The van der Waals surface area contributed by atoms with Crippen LogP contribution in [0.5, 0.6) is 0 Å². The Kier molecular flexibility index (Phi) is 6.17. The van der Waals surface area contributed by atoms with Gasteiger partial charge in [0.1, 0.15) is 0 Å². The second kappa shape index (κ2) is 6.87. The molecule has 2 nitrogen and oxygen atoms in total. The molecule has 1 rings (SSSR count). The lowest BCUT2D eigenvalue weighted by atomic mass is 10.1. The lowest BCUT2D eigenvalue weighted by Gasteiger charge is -2.40. The Morgan fingerprint density at radius 3 is 2.60 bits per heavy atom. The van der Waals surface area contributed by atoms with Gasteiger partial charge in [0.2, 0.25) is 0 Å². The number of hydrogen-bond acceptors (Lipinski definition) is 2. The fraction of sp³-hybridized carbons (Fsp3) is 1.00. The van der Waals surface area contributed by atoms with Gasteiger partial charge in [0.15, 0.2) is 0 Å². The Morgan fingerprint density at radius 1 is 1.33 bits per heavy atom. The molecule has 1 aliphatic rings. The van der Waals surface area contributed by atoms with Crippen LogP contribution in [0, 0.1) is 5.92 Å². The highest BCUT2D eigenvalue weighted by atomic mass is 79.9. The van der Waals surface area contributed by atoms with Crippen molar-refractivity contribution in [2.45, 2.75) is 32.7 Å². The van der Waals surface area contributed by atoms with Gasteiger partial charge < -0.3 is 9.80 Å². The number of likely N-dealkylation sites (N-methyl/N-ethyl adjacent to an activating group) is 1. The maximum Gasteiger partial charge on any atom is 0.0218 e. The van der Waals surface area contributed by atoms with Gasteiger partial charge in [-0.1, -0.05) is 36.2 Å². The molecule has 0 amide bonds. The second-order valence-corrected chi connectivity index (χ2v) is 5.38. The minimum Gasteiger partial charge on any atom is -0.301 e. The Balaban J connectivity index is 2.37. The van der Waals surface area contributed by atoms with Crippen LogP contribution in [-0.2, 0) is 0 Å². The number of rotatable bonds is 5. The number of piperazine rings is 1. The van der Waals surface area contributed by atoms with E-state index in [2.05, 4.69) is 46.6 Å². The maximum absolute atomic E-state index is 3.61. The summed E-state index contributed by atoms with van der Waals surface area (Å²) in [4.78, 5) is 5.15. The van der Waals surface area contributed by atoms with Crippen molar-refractivity contribution in [1.29, 1.82) is 0 Å². The molecule has 0 bridgehead atoms. The molecule has 1 aliphatic heterocycles. The summed E-state index contributed by atoms with van der Waals surface area (Å²) in [7, 11) is 2.26. The lowest BCUT2D eigenvalue weighted by molar-refractivity contribution is 0.0836. The molecule has 0 aromatic rings. The van der Waals surface area contributed by atoms with Gasteiger partial charge in [-0.05, 0) is 19.4 Å². The highest BCUT2D eigenvalue weighted by molar-refractivity contribution is 9.09. The molecular formula is C12H25BrN2. The molecule has 1 fully saturated rings. The van der Waals surface area contributed by atoms with Crippen molar-refractivity contribution in [2.75, 3.05) is 38.6 Å². The summed E-state index contributed by atoms with van der Waals surface area (Å²) in [5.41, 5.74) is 0. The zero-order valence-corrected chi connectivity index (χ0v) is 12.0. The van der Waals surface area contributed by atoms with E-state index in [4.69, 9.17) is 0 Å². The molecule has 15 heavy (non-hydrogen) atoms. The van der Waals surface area contributed by atoms with Crippen LogP contribution in [-0.4, -0.2) is 54.4 Å². The van der Waals surface area contributed by atoms with Crippen LogP contribution in [0.1, 0.15) is 26.7 Å². The summed E-state index contributed by atoms with van der Waals surface area (Å²) in [6.45, 7) is 9.60. The Labute approximate surface area is 103 Å². The predicted octanol–water partition coefficient (Wildman–Crippen LogP) is 2.43. The van der Waals surface area contributed by atoms with Crippen LogP contribution in [0.25, 0.3) is 0 Å². The normalized spacial score (nSPS) is 26.8. The molecule has 1 saturated heterocycles. The van der Waals surface area contributed by atoms with Crippen molar-refractivity contribution >= 4 is 15.9 Å². The monoisotopic (exact) mass is 276 g/mol. The third-order valence-electron chi connectivity index (χ3n) is 3.64. The number of nitrogens with zero attached hydrogens (tertiary/aromatic N) is 2. The van der Waals surface area contributed by atoms with Crippen molar-refractivity contribution in [3.8, 4) is 0 Å². The fourth-order valence-electron chi connectivity index (χ4n) is 2.27. The summed E-state index contributed by atoms with van der Waals surface area (Å²) in [5, 5.41) is 1.15. The van der Waals surface area contributed by atoms with E-state index in [1.807, 2.05) is 0 Å². The molecule has 0 spiro atoms. The van der Waals surface area contributed by atoms with Gasteiger partial charge in [-0.15, -0.1) is 0 Å². The number of alkyl halides is 1. The van der Waals surface area contributed by atoms with Crippen LogP contribution >= 0.6 is 15.9 Å². The molecule has 2 atom stereocenters. The minimum absolute atomic E-state index is 0.770. The summed E-state index contributed by atoms with van der Waals surface area (Å²) >= 11 is 3.61. The van der Waals surface area contributed by atoms with E-state index in [0.29, 0.717) is 0 Å². The first-order chi connectivity index (χ1) is 7.21. The van der Waals surface area contributed by atoms with E-state index in [1.165, 1.54) is 39.0 Å². The summed E-state index contributed by atoms with van der Waals surface area (Å²) in [6, 6.07) is 0.770. The predicted molar refractivity (Wildman–Crippen MR) is 70.7 cm³/mol. The fourth-order valence-corrected chi connectivity index (χ4v) is 2.93. The summed E-state index contributed by atoms with van der Waals surface area (Å²) < 4.78 is 0.